The van der Waals surface area contributed by atoms with Crippen LogP contribution < -0.4 is 10.6 Å². The number of hydrogen-bond donors (Lipinski definition) is 1. The average molecular weight is 263 g/mol. The Morgan fingerprint density at radius 2 is 2.05 bits per heavy atom. The largest absolute Gasteiger partial charge is 0.369 e. The van der Waals surface area contributed by atoms with Crippen molar-refractivity contribution in [2.24, 2.45) is 5.73 Å². The minimum atomic E-state index is -0.177. The Morgan fingerprint density at radius 3 is 2.89 bits per heavy atom. The fourth-order valence-corrected chi connectivity index (χ4v) is 3.32. The van der Waals surface area contributed by atoms with Crippen LogP contribution >= 0.6 is 0 Å². The number of piperazine rings is 1. The average Bonchev–Trinajstić information content (AvgIpc) is 2.46. The predicted octanol–water partition coefficient (Wildman–Crippen LogP) is 1.96. The SMILES string of the molecule is NCc1cc(F)cc(N2CCN3CCCCC3C2)c1. The third-order valence-electron chi connectivity index (χ3n) is 4.38. The Balaban J connectivity index is 1.77. The second-order valence-corrected chi connectivity index (χ2v) is 5.65. The highest BCUT2D eigenvalue weighted by molar-refractivity contribution is 5.49. The van der Waals surface area contributed by atoms with Gasteiger partial charge in [-0.3, -0.25) is 4.90 Å². The molecule has 1 aromatic rings. The highest BCUT2D eigenvalue weighted by Crippen LogP contribution is 2.26. The summed E-state index contributed by atoms with van der Waals surface area (Å²) in [7, 11) is 0. The van der Waals surface area contributed by atoms with E-state index in [-0.39, 0.29) is 5.82 Å². The number of anilines is 1. The van der Waals surface area contributed by atoms with Gasteiger partial charge in [-0.1, -0.05) is 6.42 Å². The van der Waals surface area contributed by atoms with E-state index in [0.717, 1.165) is 30.9 Å². The monoisotopic (exact) mass is 263 g/mol. The quantitative estimate of drug-likeness (QED) is 0.885. The van der Waals surface area contributed by atoms with Crippen molar-refractivity contribution in [3.05, 3.63) is 29.6 Å². The highest BCUT2D eigenvalue weighted by atomic mass is 19.1. The first kappa shape index (κ1) is 12.9. The molecule has 2 aliphatic rings. The molecule has 0 aliphatic carbocycles. The summed E-state index contributed by atoms with van der Waals surface area (Å²) in [5.41, 5.74) is 7.50. The van der Waals surface area contributed by atoms with Gasteiger partial charge in [0.1, 0.15) is 5.82 Å². The normalized spacial score (nSPS) is 24.3. The van der Waals surface area contributed by atoms with Crippen molar-refractivity contribution >= 4 is 5.69 Å². The zero-order valence-corrected chi connectivity index (χ0v) is 11.3. The third kappa shape index (κ3) is 2.74. The van der Waals surface area contributed by atoms with Crippen molar-refractivity contribution in [1.29, 1.82) is 0 Å². The molecular formula is C15H22FN3. The third-order valence-corrected chi connectivity index (χ3v) is 4.38. The maximum absolute atomic E-state index is 13.6. The van der Waals surface area contributed by atoms with E-state index < -0.39 is 0 Å². The van der Waals surface area contributed by atoms with Crippen LogP contribution in [0.4, 0.5) is 10.1 Å². The molecular weight excluding hydrogens is 241 g/mol. The van der Waals surface area contributed by atoms with Gasteiger partial charge >= 0.3 is 0 Å². The van der Waals surface area contributed by atoms with Crippen LogP contribution in [0.15, 0.2) is 18.2 Å². The molecule has 0 radical (unpaired) electrons. The molecule has 2 saturated heterocycles. The molecule has 0 bridgehead atoms. The fraction of sp³-hybridized carbons (Fsp3) is 0.600. The Morgan fingerprint density at radius 1 is 1.16 bits per heavy atom. The van der Waals surface area contributed by atoms with Crippen LogP contribution in [0.5, 0.6) is 0 Å². The maximum Gasteiger partial charge on any atom is 0.125 e. The van der Waals surface area contributed by atoms with Gasteiger partial charge in [-0.15, -0.1) is 0 Å². The van der Waals surface area contributed by atoms with E-state index in [2.05, 4.69) is 9.80 Å². The standard InChI is InChI=1S/C15H22FN3/c16-13-7-12(10-17)8-15(9-13)19-6-5-18-4-2-1-3-14(18)11-19/h7-9,14H,1-6,10-11,17H2. The second kappa shape index (κ2) is 5.47. The van der Waals surface area contributed by atoms with Crippen molar-refractivity contribution in [2.45, 2.75) is 31.8 Å². The minimum absolute atomic E-state index is 0.177. The first-order chi connectivity index (χ1) is 9.26. The molecule has 2 aliphatic heterocycles. The summed E-state index contributed by atoms with van der Waals surface area (Å²) in [6.07, 6.45) is 3.93. The summed E-state index contributed by atoms with van der Waals surface area (Å²) in [6, 6.07) is 5.84. The number of hydrogen-bond acceptors (Lipinski definition) is 3. The highest BCUT2D eigenvalue weighted by Gasteiger charge is 2.29. The van der Waals surface area contributed by atoms with Gasteiger partial charge in [0.05, 0.1) is 0 Å². The smallest absolute Gasteiger partial charge is 0.125 e. The van der Waals surface area contributed by atoms with Crippen molar-refractivity contribution in [1.82, 2.24) is 4.90 Å². The fourth-order valence-electron chi connectivity index (χ4n) is 3.32. The van der Waals surface area contributed by atoms with Crippen LogP contribution in [0, 0.1) is 5.82 Å². The molecule has 2 N–H and O–H groups in total. The molecule has 2 fully saturated rings. The molecule has 104 valence electrons. The molecule has 0 aromatic heterocycles. The van der Waals surface area contributed by atoms with Crippen molar-refractivity contribution in [3.63, 3.8) is 0 Å². The molecule has 1 unspecified atom stereocenters. The molecule has 1 aromatic carbocycles. The molecule has 0 amide bonds. The number of benzene rings is 1. The lowest BCUT2D eigenvalue weighted by atomic mass is 9.99. The van der Waals surface area contributed by atoms with E-state index in [1.54, 1.807) is 6.07 Å². The minimum Gasteiger partial charge on any atom is -0.369 e. The Kier molecular flexibility index (Phi) is 3.71. The van der Waals surface area contributed by atoms with Crippen LogP contribution in [0.3, 0.4) is 0 Å². The zero-order chi connectivity index (χ0) is 13.2. The van der Waals surface area contributed by atoms with Crippen molar-refractivity contribution < 1.29 is 4.39 Å². The first-order valence-corrected chi connectivity index (χ1v) is 7.25. The van der Waals surface area contributed by atoms with Gasteiger partial charge < -0.3 is 10.6 Å². The number of fused-ring (bicyclic) bond motifs is 1. The molecule has 2 heterocycles. The van der Waals surface area contributed by atoms with Crippen LogP contribution in [-0.2, 0) is 6.54 Å². The molecule has 4 heteroatoms. The van der Waals surface area contributed by atoms with E-state index in [9.17, 15) is 4.39 Å². The molecule has 3 rings (SSSR count). The molecule has 1 atom stereocenters. The summed E-state index contributed by atoms with van der Waals surface area (Å²) >= 11 is 0. The van der Waals surface area contributed by atoms with Crippen molar-refractivity contribution in [2.75, 3.05) is 31.1 Å². The summed E-state index contributed by atoms with van der Waals surface area (Å²) in [5.74, 6) is -0.177. The van der Waals surface area contributed by atoms with Crippen LogP contribution in [0.25, 0.3) is 0 Å². The Bertz CT molecular complexity index is 449. The van der Waals surface area contributed by atoms with E-state index in [0.29, 0.717) is 12.6 Å². The van der Waals surface area contributed by atoms with E-state index in [1.165, 1.54) is 31.9 Å². The van der Waals surface area contributed by atoms with E-state index in [1.807, 2.05) is 6.07 Å². The topological polar surface area (TPSA) is 32.5 Å². The second-order valence-electron chi connectivity index (χ2n) is 5.65. The number of nitrogens with zero attached hydrogens (tertiary/aromatic N) is 2. The molecule has 0 saturated carbocycles. The van der Waals surface area contributed by atoms with Gasteiger partial charge in [0, 0.05) is 37.9 Å². The predicted molar refractivity (Wildman–Crippen MR) is 75.7 cm³/mol. The number of rotatable bonds is 2. The van der Waals surface area contributed by atoms with E-state index >= 15 is 0 Å². The lowest BCUT2D eigenvalue weighted by molar-refractivity contribution is 0.133. The van der Waals surface area contributed by atoms with Gasteiger partial charge in [0.25, 0.3) is 0 Å². The van der Waals surface area contributed by atoms with Gasteiger partial charge in [0.15, 0.2) is 0 Å². The van der Waals surface area contributed by atoms with Crippen LogP contribution in [0.1, 0.15) is 24.8 Å². The van der Waals surface area contributed by atoms with Crippen LogP contribution in [0.2, 0.25) is 0 Å². The molecule has 3 nitrogen and oxygen atoms in total. The van der Waals surface area contributed by atoms with Crippen LogP contribution in [-0.4, -0.2) is 37.1 Å². The lowest BCUT2D eigenvalue weighted by Gasteiger charge is -2.45. The zero-order valence-electron chi connectivity index (χ0n) is 11.3. The first-order valence-electron chi connectivity index (χ1n) is 7.25. The van der Waals surface area contributed by atoms with Gasteiger partial charge in [-0.2, -0.15) is 0 Å². The summed E-state index contributed by atoms with van der Waals surface area (Å²) in [4.78, 5) is 4.90. The number of nitrogens with two attached hydrogens (primary N) is 1. The number of piperidine rings is 1. The summed E-state index contributed by atoms with van der Waals surface area (Å²) in [6.45, 7) is 4.74. The molecule has 19 heavy (non-hydrogen) atoms. The Labute approximate surface area is 114 Å². The molecule has 0 spiro atoms. The Hall–Kier alpha value is -1.13. The van der Waals surface area contributed by atoms with Gasteiger partial charge in [-0.05, 0) is 43.1 Å². The number of halogens is 1. The summed E-state index contributed by atoms with van der Waals surface area (Å²) < 4.78 is 13.6. The van der Waals surface area contributed by atoms with Crippen molar-refractivity contribution in [3.8, 4) is 0 Å². The summed E-state index contributed by atoms with van der Waals surface area (Å²) in [5, 5.41) is 0. The van der Waals surface area contributed by atoms with Gasteiger partial charge in [-0.25, -0.2) is 4.39 Å². The lowest BCUT2D eigenvalue weighted by Crippen LogP contribution is -2.54. The van der Waals surface area contributed by atoms with E-state index in [4.69, 9.17) is 5.73 Å². The maximum atomic E-state index is 13.6. The van der Waals surface area contributed by atoms with Gasteiger partial charge in [0.2, 0.25) is 0 Å².